The van der Waals surface area contributed by atoms with Crippen molar-refractivity contribution in [1.29, 1.82) is 0 Å². The van der Waals surface area contributed by atoms with Gasteiger partial charge in [0.25, 0.3) is 0 Å². The summed E-state index contributed by atoms with van der Waals surface area (Å²) in [5, 5.41) is 6.79. The summed E-state index contributed by atoms with van der Waals surface area (Å²) in [4.78, 5) is 15.4. The van der Waals surface area contributed by atoms with Crippen molar-refractivity contribution >= 4 is 22.9 Å². The third kappa shape index (κ3) is 3.71. The first-order valence-corrected chi connectivity index (χ1v) is 5.84. The molecule has 0 saturated carbocycles. The summed E-state index contributed by atoms with van der Waals surface area (Å²) in [6.45, 7) is 4.00. The molecule has 0 radical (unpaired) electrons. The smallest absolute Gasteiger partial charge is 0.357 e. The van der Waals surface area contributed by atoms with E-state index in [1.165, 1.54) is 18.8 Å². The Morgan fingerprint density at radius 3 is 3.07 bits per heavy atom. The first-order valence-electron chi connectivity index (χ1n) is 4.96. The van der Waals surface area contributed by atoms with Gasteiger partial charge in [-0.2, -0.15) is 0 Å². The van der Waals surface area contributed by atoms with Crippen LogP contribution in [0.2, 0.25) is 0 Å². The van der Waals surface area contributed by atoms with Crippen LogP contribution in [0.3, 0.4) is 0 Å². The van der Waals surface area contributed by atoms with Crippen LogP contribution in [0.1, 0.15) is 26.7 Å². The molecule has 1 saturated heterocycles. The maximum Gasteiger partial charge on any atom is 0.433 e. The van der Waals surface area contributed by atoms with Gasteiger partial charge in [0, 0.05) is 7.05 Å². The predicted molar refractivity (Wildman–Crippen MR) is 59.8 cm³/mol. The maximum absolute atomic E-state index is 10.8. The van der Waals surface area contributed by atoms with Gasteiger partial charge >= 0.3 is 6.09 Å². The summed E-state index contributed by atoms with van der Waals surface area (Å²) in [5.41, 5.74) is 0.136. The molecule has 1 N–H and O–H groups in total. The Morgan fingerprint density at radius 2 is 2.47 bits per heavy atom. The van der Waals surface area contributed by atoms with E-state index in [2.05, 4.69) is 22.2 Å². The number of amides is 1. The van der Waals surface area contributed by atoms with Crippen molar-refractivity contribution < 1.29 is 14.4 Å². The summed E-state index contributed by atoms with van der Waals surface area (Å²) in [7, 11) is 1.49. The summed E-state index contributed by atoms with van der Waals surface area (Å²) >= 11 is 1.52. The Bertz CT molecular complexity index is 258. The van der Waals surface area contributed by atoms with E-state index in [-0.39, 0.29) is 11.5 Å². The number of nitrogens with zero attached hydrogens (tertiary/aromatic N) is 1. The van der Waals surface area contributed by atoms with Gasteiger partial charge in [0.2, 0.25) is 0 Å². The normalized spacial score (nSPS) is 28.1. The Balaban J connectivity index is 2.45. The number of carbonyl (C=O) groups is 1. The third-order valence-electron chi connectivity index (χ3n) is 1.90. The van der Waals surface area contributed by atoms with Crippen LogP contribution in [0.25, 0.3) is 0 Å². The van der Waals surface area contributed by atoms with Gasteiger partial charge < -0.3 is 10.1 Å². The molecule has 5 nitrogen and oxygen atoms in total. The van der Waals surface area contributed by atoms with Gasteiger partial charge in [0.15, 0.2) is 0 Å². The lowest BCUT2D eigenvalue weighted by Gasteiger charge is -2.05. The van der Waals surface area contributed by atoms with Crippen molar-refractivity contribution in [2.75, 3.05) is 7.05 Å². The molecule has 1 fully saturated rings. The Hall–Kier alpha value is -0.750. The Morgan fingerprint density at radius 1 is 1.73 bits per heavy atom. The summed E-state index contributed by atoms with van der Waals surface area (Å²) < 4.78 is 5.60. The SMILES string of the molecule is CCCC1OC(C)/C(=N\OC(=O)NC)S1. The van der Waals surface area contributed by atoms with Crippen LogP contribution in [-0.4, -0.2) is 29.7 Å². The average Bonchev–Trinajstić information content (AvgIpc) is 2.56. The second-order valence-electron chi connectivity index (χ2n) is 3.17. The van der Waals surface area contributed by atoms with Crippen molar-refractivity contribution in [3.63, 3.8) is 0 Å². The van der Waals surface area contributed by atoms with Gasteiger partial charge in [-0.3, -0.25) is 4.84 Å². The molecule has 2 atom stereocenters. The molecular formula is C9H16N2O3S. The molecule has 0 aromatic carbocycles. The quantitative estimate of drug-likeness (QED) is 0.596. The molecule has 1 rings (SSSR count). The first-order chi connectivity index (χ1) is 7.17. The van der Waals surface area contributed by atoms with E-state index in [0.29, 0.717) is 0 Å². The number of nitrogens with one attached hydrogen (secondary N) is 1. The fraction of sp³-hybridized carbons (Fsp3) is 0.778. The number of hydrogen-bond acceptors (Lipinski definition) is 5. The molecule has 0 spiro atoms. The molecular weight excluding hydrogens is 216 g/mol. The highest BCUT2D eigenvalue weighted by Crippen LogP contribution is 2.30. The van der Waals surface area contributed by atoms with Crippen LogP contribution >= 0.6 is 11.8 Å². The molecule has 1 aliphatic heterocycles. The van der Waals surface area contributed by atoms with Crippen molar-refractivity contribution in [1.82, 2.24) is 5.32 Å². The summed E-state index contributed by atoms with van der Waals surface area (Å²) in [6, 6.07) is 0. The number of thioether (sulfide) groups is 1. The molecule has 86 valence electrons. The molecule has 1 heterocycles. The van der Waals surface area contributed by atoms with Gasteiger partial charge in [-0.25, -0.2) is 4.79 Å². The molecule has 2 unspecified atom stereocenters. The van der Waals surface area contributed by atoms with Crippen molar-refractivity contribution in [2.24, 2.45) is 5.16 Å². The molecule has 0 bridgehead atoms. The fourth-order valence-corrected chi connectivity index (χ4v) is 2.31. The van der Waals surface area contributed by atoms with Crippen LogP contribution in [0.4, 0.5) is 4.79 Å². The lowest BCUT2D eigenvalue weighted by molar-refractivity contribution is 0.0921. The summed E-state index contributed by atoms with van der Waals surface area (Å²) in [5.74, 6) is 0. The fourth-order valence-electron chi connectivity index (χ4n) is 1.13. The number of ether oxygens (including phenoxy) is 1. The van der Waals surface area contributed by atoms with E-state index >= 15 is 0 Å². The number of oxime groups is 1. The molecule has 0 aromatic heterocycles. The highest BCUT2D eigenvalue weighted by Gasteiger charge is 2.29. The zero-order valence-electron chi connectivity index (χ0n) is 9.15. The minimum absolute atomic E-state index is 0.0868. The Kier molecular flexibility index (Phi) is 4.90. The lowest BCUT2D eigenvalue weighted by Crippen LogP contribution is -2.18. The minimum Gasteiger partial charge on any atom is -0.357 e. The van der Waals surface area contributed by atoms with Crippen LogP contribution in [-0.2, 0) is 9.57 Å². The lowest BCUT2D eigenvalue weighted by atomic mass is 10.3. The van der Waals surface area contributed by atoms with Crippen LogP contribution < -0.4 is 5.32 Å². The number of carbonyl (C=O) groups excluding carboxylic acids is 1. The topological polar surface area (TPSA) is 59.9 Å². The maximum atomic E-state index is 10.8. The summed E-state index contributed by atoms with van der Waals surface area (Å²) in [6.07, 6.45) is 1.40. The second-order valence-corrected chi connectivity index (χ2v) is 4.35. The van der Waals surface area contributed by atoms with Crippen molar-refractivity contribution in [3.05, 3.63) is 0 Å². The largest absolute Gasteiger partial charge is 0.433 e. The van der Waals surface area contributed by atoms with Gasteiger partial charge in [-0.15, -0.1) is 0 Å². The highest BCUT2D eigenvalue weighted by atomic mass is 32.2. The highest BCUT2D eigenvalue weighted by molar-refractivity contribution is 8.14. The van der Waals surface area contributed by atoms with E-state index < -0.39 is 6.09 Å². The van der Waals surface area contributed by atoms with E-state index in [4.69, 9.17) is 4.74 Å². The van der Waals surface area contributed by atoms with E-state index in [1.807, 2.05) is 6.92 Å². The predicted octanol–water partition coefficient (Wildman–Crippen LogP) is 1.93. The molecule has 0 aliphatic carbocycles. The van der Waals surface area contributed by atoms with E-state index in [0.717, 1.165) is 17.9 Å². The van der Waals surface area contributed by atoms with Gasteiger partial charge in [0.1, 0.15) is 16.6 Å². The first kappa shape index (κ1) is 12.3. The number of hydrogen-bond donors (Lipinski definition) is 1. The molecule has 0 aromatic rings. The van der Waals surface area contributed by atoms with E-state index in [9.17, 15) is 4.79 Å². The zero-order valence-corrected chi connectivity index (χ0v) is 9.97. The van der Waals surface area contributed by atoms with Gasteiger partial charge in [-0.05, 0) is 13.3 Å². The molecule has 15 heavy (non-hydrogen) atoms. The monoisotopic (exact) mass is 232 g/mol. The average molecular weight is 232 g/mol. The van der Waals surface area contributed by atoms with Crippen LogP contribution in [0, 0.1) is 0 Å². The molecule has 1 aliphatic rings. The van der Waals surface area contributed by atoms with Gasteiger partial charge in [0.05, 0.1) is 0 Å². The minimum atomic E-state index is -0.561. The van der Waals surface area contributed by atoms with Crippen LogP contribution in [0.15, 0.2) is 5.16 Å². The van der Waals surface area contributed by atoms with Gasteiger partial charge in [-0.1, -0.05) is 30.3 Å². The molecule has 6 heteroatoms. The van der Waals surface area contributed by atoms with Crippen LogP contribution in [0.5, 0.6) is 0 Å². The second kappa shape index (κ2) is 5.97. The van der Waals surface area contributed by atoms with Crippen molar-refractivity contribution in [3.8, 4) is 0 Å². The van der Waals surface area contributed by atoms with E-state index in [1.54, 1.807) is 0 Å². The van der Waals surface area contributed by atoms with Crippen molar-refractivity contribution in [2.45, 2.75) is 38.2 Å². The third-order valence-corrected chi connectivity index (χ3v) is 3.16. The molecule has 1 amide bonds. The zero-order chi connectivity index (χ0) is 11.3. The standard InChI is InChI=1S/C9H16N2O3S/c1-4-5-7-13-6(2)8(15-7)11-14-9(12)10-3/h6-7H,4-5H2,1-3H3,(H,10,12)/b11-8+. The number of rotatable bonds is 3. The Labute approximate surface area is 93.6 Å².